The van der Waals surface area contributed by atoms with Crippen LogP contribution in [0.2, 0.25) is 5.02 Å². The third-order valence-electron chi connectivity index (χ3n) is 7.18. The van der Waals surface area contributed by atoms with Crippen LogP contribution < -0.4 is 9.64 Å². The standard InChI is InChI=1S/C24H26ClFN2O4S/c1-32-23-10-8-19(33(30,31)18-3-2-4-18)12-22(23)28-16-6-7-17(28)14-27(13-16)24(29)20-9-5-15(26)11-21(20)25/h5,8-12,16-18H,2-4,6-7,13-14H2,1H3/t16-,17+. The summed E-state index contributed by atoms with van der Waals surface area (Å²) in [6.45, 7) is 0.956. The van der Waals surface area contributed by atoms with Crippen molar-refractivity contribution < 1.29 is 22.3 Å². The van der Waals surface area contributed by atoms with E-state index in [0.29, 0.717) is 36.6 Å². The highest BCUT2D eigenvalue weighted by Crippen LogP contribution is 2.42. The molecule has 3 aliphatic rings. The Labute approximate surface area is 198 Å². The van der Waals surface area contributed by atoms with Crippen LogP contribution in [0.15, 0.2) is 41.3 Å². The summed E-state index contributed by atoms with van der Waals surface area (Å²) in [5.41, 5.74) is 1.05. The molecule has 2 aliphatic heterocycles. The Kier molecular flexibility index (Phi) is 5.77. The molecule has 0 N–H and O–H groups in total. The van der Waals surface area contributed by atoms with Crippen LogP contribution in [-0.4, -0.2) is 56.8 Å². The van der Waals surface area contributed by atoms with E-state index in [4.69, 9.17) is 16.3 Å². The molecule has 2 bridgehead atoms. The van der Waals surface area contributed by atoms with Crippen molar-refractivity contribution >= 4 is 33.0 Å². The number of carbonyl (C=O) groups is 1. The van der Waals surface area contributed by atoms with Gasteiger partial charge in [0, 0.05) is 25.2 Å². The number of nitrogens with zero attached hydrogens (tertiary/aromatic N) is 2. The van der Waals surface area contributed by atoms with Crippen molar-refractivity contribution in [1.29, 1.82) is 0 Å². The first-order valence-corrected chi connectivity index (χ1v) is 13.2. The highest BCUT2D eigenvalue weighted by Gasteiger charge is 2.43. The van der Waals surface area contributed by atoms with Crippen LogP contribution in [0.1, 0.15) is 42.5 Å². The first-order valence-electron chi connectivity index (χ1n) is 11.2. The Bertz CT molecular complexity index is 1190. The summed E-state index contributed by atoms with van der Waals surface area (Å²) in [6.07, 6.45) is 4.14. The normalized spacial score (nSPS) is 22.9. The smallest absolute Gasteiger partial charge is 0.255 e. The summed E-state index contributed by atoms with van der Waals surface area (Å²) in [5.74, 6) is -0.0732. The third-order valence-corrected chi connectivity index (χ3v) is 9.75. The number of anilines is 1. The van der Waals surface area contributed by atoms with E-state index in [1.807, 2.05) is 0 Å². The SMILES string of the molecule is COc1ccc(S(=O)(=O)C2CCC2)cc1N1[C@@H]2CC[C@H]1CN(C(=O)c1ccc(F)cc1Cl)C2. The first kappa shape index (κ1) is 22.5. The number of ether oxygens (including phenoxy) is 1. The second-order valence-corrected chi connectivity index (χ2v) is 11.7. The fourth-order valence-corrected chi connectivity index (χ4v) is 7.34. The molecular formula is C24H26ClFN2O4S. The minimum Gasteiger partial charge on any atom is -0.495 e. The lowest BCUT2D eigenvalue weighted by molar-refractivity contribution is 0.0718. The molecule has 2 aromatic carbocycles. The van der Waals surface area contributed by atoms with Gasteiger partial charge in [-0.05, 0) is 62.1 Å². The van der Waals surface area contributed by atoms with Crippen LogP contribution >= 0.6 is 11.6 Å². The average molecular weight is 493 g/mol. The predicted octanol–water partition coefficient (Wildman–Crippen LogP) is 4.31. The highest BCUT2D eigenvalue weighted by molar-refractivity contribution is 7.92. The molecule has 0 unspecified atom stereocenters. The summed E-state index contributed by atoms with van der Waals surface area (Å²) in [5, 5.41) is -0.198. The molecule has 1 aliphatic carbocycles. The van der Waals surface area contributed by atoms with Gasteiger partial charge in [-0.15, -0.1) is 0 Å². The molecule has 176 valence electrons. The molecule has 1 amide bonds. The molecule has 2 atom stereocenters. The van der Waals surface area contributed by atoms with Crippen LogP contribution in [0.25, 0.3) is 0 Å². The monoisotopic (exact) mass is 492 g/mol. The maximum atomic E-state index is 13.4. The number of amides is 1. The van der Waals surface area contributed by atoms with Gasteiger partial charge in [-0.25, -0.2) is 12.8 Å². The molecule has 0 spiro atoms. The van der Waals surface area contributed by atoms with Gasteiger partial charge in [0.05, 0.1) is 33.5 Å². The van der Waals surface area contributed by atoms with Crippen LogP contribution in [-0.2, 0) is 9.84 Å². The molecule has 1 saturated carbocycles. The van der Waals surface area contributed by atoms with Crippen molar-refractivity contribution in [3.63, 3.8) is 0 Å². The van der Waals surface area contributed by atoms with Crippen LogP contribution in [0.4, 0.5) is 10.1 Å². The zero-order chi connectivity index (χ0) is 23.3. The number of methoxy groups -OCH3 is 1. The van der Waals surface area contributed by atoms with Crippen molar-refractivity contribution in [2.24, 2.45) is 0 Å². The van der Waals surface area contributed by atoms with E-state index in [1.165, 1.54) is 12.1 Å². The fraction of sp³-hybridized carbons (Fsp3) is 0.458. The molecule has 2 aromatic rings. The number of fused-ring (bicyclic) bond motifs is 2. The Morgan fingerprint density at radius 3 is 2.33 bits per heavy atom. The predicted molar refractivity (Wildman–Crippen MR) is 124 cm³/mol. The van der Waals surface area contributed by atoms with Gasteiger partial charge in [0.25, 0.3) is 5.91 Å². The number of carbonyl (C=O) groups excluding carboxylic acids is 1. The van der Waals surface area contributed by atoms with Gasteiger partial charge >= 0.3 is 0 Å². The number of piperazine rings is 1. The number of benzene rings is 2. The number of sulfone groups is 1. The quantitative estimate of drug-likeness (QED) is 0.622. The van der Waals surface area contributed by atoms with E-state index >= 15 is 0 Å². The van der Waals surface area contributed by atoms with Crippen molar-refractivity contribution in [2.45, 2.75) is 54.3 Å². The lowest BCUT2D eigenvalue weighted by Gasteiger charge is -2.43. The van der Waals surface area contributed by atoms with E-state index in [-0.39, 0.29) is 33.8 Å². The Morgan fingerprint density at radius 1 is 1.06 bits per heavy atom. The molecular weight excluding hydrogens is 467 g/mol. The van der Waals surface area contributed by atoms with E-state index in [1.54, 1.807) is 30.2 Å². The second-order valence-electron chi connectivity index (χ2n) is 9.06. The van der Waals surface area contributed by atoms with Crippen molar-refractivity contribution in [1.82, 2.24) is 4.90 Å². The van der Waals surface area contributed by atoms with E-state index < -0.39 is 15.7 Å². The van der Waals surface area contributed by atoms with Gasteiger partial charge in [-0.1, -0.05) is 18.0 Å². The number of hydrogen-bond acceptors (Lipinski definition) is 5. The Hall–Kier alpha value is -2.32. The van der Waals surface area contributed by atoms with Crippen LogP contribution in [0.5, 0.6) is 5.75 Å². The van der Waals surface area contributed by atoms with Gasteiger partial charge in [0.1, 0.15) is 11.6 Å². The van der Waals surface area contributed by atoms with Crippen LogP contribution in [0.3, 0.4) is 0 Å². The summed E-state index contributed by atoms with van der Waals surface area (Å²) in [4.78, 5) is 17.4. The van der Waals surface area contributed by atoms with Gasteiger partial charge in [-0.3, -0.25) is 4.79 Å². The van der Waals surface area contributed by atoms with Crippen molar-refractivity contribution in [3.05, 3.63) is 52.8 Å². The fourth-order valence-electron chi connectivity index (χ4n) is 5.22. The number of hydrogen-bond donors (Lipinski definition) is 0. The Balaban J connectivity index is 1.43. The largest absolute Gasteiger partial charge is 0.495 e. The molecule has 9 heteroatoms. The summed E-state index contributed by atoms with van der Waals surface area (Å²) >= 11 is 6.13. The maximum absolute atomic E-state index is 13.4. The molecule has 5 rings (SSSR count). The average Bonchev–Trinajstić information content (AvgIpc) is 3.00. The van der Waals surface area contributed by atoms with Gasteiger partial charge in [-0.2, -0.15) is 0 Å². The molecule has 2 saturated heterocycles. The maximum Gasteiger partial charge on any atom is 0.255 e. The summed E-state index contributed by atoms with van der Waals surface area (Å²) in [7, 11) is -1.78. The minimum absolute atomic E-state index is 0.0301. The minimum atomic E-state index is -3.36. The molecule has 33 heavy (non-hydrogen) atoms. The van der Waals surface area contributed by atoms with Gasteiger partial charge in [0.2, 0.25) is 0 Å². The van der Waals surface area contributed by atoms with E-state index in [0.717, 1.165) is 31.0 Å². The van der Waals surface area contributed by atoms with Crippen LogP contribution in [0, 0.1) is 5.82 Å². The highest BCUT2D eigenvalue weighted by atomic mass is 35.5. The zero-order valence-electron chi connectivity index (χ0n) is 18.3. The molecule has 6 nitrogen and oxygen atoms in total. The van der Waals surface area contributed by atoms with E-state index in [9.17, 15) is 17.6 Å². The number of likely N-dealkylation sites (tertiary alicyclic amines) is 1. The lowest BCUT2D eigenvalue weighted by Crippen LogP contribution is -2.55. The molecule has 3 fully saturated rings. The number of rotatable bonds is 5. The molecule has 2 heterocycles. The van der Waals surface area contributed by atoms with E-state index in [2.05, 4.69) is 4.90 Å². The van der Waals surface area contributed by atoms with Crippen molar-refractivity contribution in [2.75, 3.05) is 25.1 Å². The number of halogens is 2. The molecule has 0 radical (unpaired) electrons. The lowest BCUT2D eigenvalue weighted by atomic mass is 10.00. The topological polar surface area (TPSA) is 66.9 Å². The zero-order valence-corrected chi connectivity index (χ0v) is 19.9. The third kappa shape index (κ3) is 3.87. The van der Waals surface area contributed by atoms with Gasteiger partial charge in [0.15, 0.2) is 9.84 Å². The second kappa shape index (κ2) is 8.47. The Morgan fingerprint density at radius 2 is 1.76 bits per heavy atom. The van der Waals surface area contributed by atoms with Gasteiger partial charge < -0.3 is 14.5 Å². The molecule has 0 aromatic heterocycles. The first-order chi connectivity index (χ1) is 15.8. The van der Waals surface area contributed by atoms with Crippen molar-refractivity contribution in [3.8, 4) is 5.75 Å². The summed E-state index contributed by atoms with van der Waals surface area (Å²) < 4.78 is 45.1. The summed E-state index contributed by atoms with van der Waals surface area (Å²) in [6, 6.07) is 8.98.